The number of aryl methyl sites for hydroxylation is 3. The Bertz CT molecular complexity index is 706. The number of amides is 1. The molecule has 1 amide bonds. The molecule has 0 aliphatic heterocycles. The summed E-state index contributed by atoms with van der Waals surface area (Å²) in [6, 6.07) is 6.28. The van der Waals surface area contributed by atoms with Gasteiger partial charge in [0, 0.05) is 0 Å². The molecule has 0 spiro atoms. The van der Waals surface area contributed by atoms with Crippen molar-refractivity contribution in [2.45, 2.75) is 33.2 Å². The number of aliphatic carboxylic acids is 1. The minimum absolute atomic E-state index is 0.336. The molecule has 1 aromatic heterocycles. The van der Waals surface area contributed by atoms with Crippen molar-refractivity contribution in [2.24, 2.45) is 0 Å². The summed E-state index contributed by atoms with van der Waals surface area (Å²) in [5.41, 5.74) is 3.61. The molecule has 0 bridgehead atoms. The van der Waals surface area contributed by atoms with Crippen LogP contribution in [0.5, 0.6) is 0 Å². The van der Waals surface area contributed by atoms with Crippen molar-refractivity contribution in [1.82, 2.24) is 5.32 Å². The summed E-state index contributed by atoms with van der Waals surface area (Å²) >= 11 is 1.33. The Morgan fingerprint density at radius 2 is 1.95 bits per heavy atom. The molecule has 0 aliphatic carbocycles. The van der Waals surface area contributed by atoms with Crippen LogP contribution >= 0.6 is 11.3 Å². The fourth-order valence-electron chi connectivity index (χ4n) is 2.24. The Morgan fingerprint density at radius 1 is 1.23 bits per heavy atom. The summed E-state index contributed by atoms with van der Waals surface area (Å²) < 4.78 is 0. The van der Waals surface area contributed by atoms with Crippen molar-refractivity contribution in [2.75, 3.05) is 0 Å². The Labute approximate surface area is 133 Å². The lowest BCUT2D eigenvalue weighted by atomic mass is 10.0. The standard InChI is InChI=1S/C17H19NO3S/c1-4-12-7-8-22-15(12)16(19)18-14(17(20)21)13-6-5-10(2)11(3)9-13/h5-9,14H,4H2,1-3H3,(H,18,19)(H,20,21). The number of thiophene rings is 1. The van der Waals surface area contributed by atoms with Crippen molar-refractivity contribution in [3.63, 3.8) is 0 Å². The number of carboxylic acid groups (broad SMARTS) is 1. The zero-order valence-corrected chi connectivity index (χ0v) is 13.7. The molecule has 1 aromatic carbocycles. The van der Waals surface area contributed by atoms with Gasteiger partial charge in [0.1, 0.15) is 0 Å². The van der Waals surface area contributed by atoms with Gasteiger partial charge in [-0.05, 0) is 54.0 Å². The molecule has 5 heteroatoms. The number of benzene rings is 1. The van der Waals surface area contributed by atoms with Gasteiger partial charge in [0.05, 0.1) is 4.88 Å². The van der Waals surface area contributed by atoms with Crippen LogP contribution in [0.4, 0.5) is 0 Å². The third kappa shape index (κ3) is 3.36. The lowest BCUT2D eigenvalue weighted by Crippen LogP contribution is -2.33. The second kappa shape index (κ2) is 6.75. The van der Waals surface area contributed by atoms with Crippen LogP contribution in [0.2, 0.25) is 0 Å². The molecule has 2 rings (SSSR count). The van der Waals surface area contributed by atoms with Gasteiger partial charge in [-0.1, -0.05) is 25.1 Å². The maximum absolute atomic E-state index is 12.4. The van der Waals surface area contributed by atoms with E-state index >= 15 is 0 Å². The molecule has 1 heterocycles. The van der Waals surface area contributed by atoms with Crippen LogP contribution in [-0.4, -0.2) is 17.0 Å². The SMILES string of the molecule is CCc1ccsc1C(=O)NC(C(=O)O)c1ccc(C)c(C)c1. The number of nitrogens with one attached hydrogen (secondary N) is 1. The Morgan fingerprint density at radius 3 is 2.55 bits per heavy atom. The van der Waals surface area contributed by atoms with Crippen molar-refractivity contribution >= 4 is 23.2 Å². The fraction of sp³-hybridized carbons (Fsp3) is 0.294. The minimum Gasteiger partial charge on any atom is -0.479 e. The van der Waals surface area contributed by atoms with E-state index in [0.717, 1.165) is 23.1 Å². The highest BCUT2D eigenvalue weighted by Crippen LogP contribution is 2.21. The molecule has 0 fully saturated rings. The van der Waals surface area contributed by atoms with Crippen LogP contribution in [-0.2, 0) is 11.2 Å². The minimum atomic E-state index is -1.06. The van der Waals surface area contributed by atoms with E-state index in [9.17, 15) is 14.7 Å². The van der Waals surface area contributed by atoms with Gasteiger partial charge in [-0.25, -0.2) is 4.79 Å². The fourth-order valence-corrected chi connectivity index (χ4v) is 3.14. The highest BCUT2D eigenvalue weighted by molar-refractivity contribution is 7.12. The average Bonchev–Trinajstić information content (AvgIpc) is 2.96. The van der Waals surface area contributed by atoms with E-state index in [4.69, 9.17) is 0 Å². The predicted octanol–water partition coefficient (Wildman–Crippen LogP) is 3.48. The van der Waals surface area contributed by atoms with E-state index in [1.165, 1.54) is 11.3 Å². The average molecular weight is 317 g/mol. The number of hydrogen-bond donors (Lipinski definition) is 2. The number of carbonyl (C=O) groups excluding carboxylic acids is 1. The van der Waals surface area contributed by atoms with Crippen molar-refractivity contribution in [3.05, 3.63) is 56.8 Å². The highest BCUT2D eigenvalue weighted by atomic mass is 32.1. The molecule has 0 aliphatic rings. The zero-order chi connectivity index (χ0) is 16.3. The topological polar surface area (TPSA) is 66.4 Å². The van der Waals surface area contributed by atoms with Crippen molar-refractivity contribution in [3.8, 4) is 0 Å². The molecule has 1 unspecified atom stereocenters. The molecule has 0 saturated heterocycles. The van der Waals surface area contributed by atoms with Gasteiger partial charge in [-0.3, -0.25) is 4.79 Å². The molecular weight excluding hydrogens is 298 g/mol. The molecule has 0 radical (unpaired) electrons. The number of hydrogen-bond acceptors (Lipinski definition) is 3. The molecule has 116 valence electrons. The van der Waals surface area contributed by atoms with E-state index in [-0.39, 0.29) is 5.91 Å². The lowest BCUT2D eigenvalue weighted by Gasteiger charge is -2.16. The Balaban J connectivity index is 2.27. The van der Waals surface area contributed by atoms with Gasteiger partial charge in [0.25, 0.3) is 5.91 Å². The molecule has 1 atom stereocenters. The third-order valence-corrected chi connectivity index (χ3v) is 4.68. The van der Waals surface area contributed by atoms with Gasteiger partial charge in [-0.2, -0.15) is 0 Å². The van der Waals surface area contributed by atoms with Gasteiger partial charge in [-0.15, -0.1) is 11.3 Å². The third-order valence-electron chi connectivity index (χ3n) is 3.72. The summed E-state index contributed by atoms with van der Waals surface area (Å²) in [7, 11) is 0. The van der Waals surface area contributed by atoms with Crippen LogP contribution in [0.25, 0.3) is 0 Å². The largest absolute Gasteiger partial charge is 0.479 e. The van der Waals surface area contributed by atoms with E-state index in [1.807, 2.05) is 44.4 Å². The first-order valence-corrected chi connectivity index (χ1v) is 7.99. The van der Waals surface area contributed by atoms with Crippen molar-refractivity contribution < 1.29 is 14.7 Å². The molecular formula is C17H19NO3S. The van der Waals surface area contributed by atoms with Crippen LogP contribution in [0.3, 0.4) is 0 Å². The van der Waals surface area contributed by atoms with Crippen molar-refractivity contribution in [1.29, 1.82) is 0 Å². The predicted molar refractivity (Wildman–Crippen MR) is 87.5 cm³/mol. The van der Waals surface area contributed by atoms with Crippen LogP contribution < -0.4 is 5.32 Å². The summed E-state index contributed by atoms with van der Waals surface area (Å²) in [5, 5.41) is 13.9. The van der Waals surface area contributed by atoms with E-state index in [0.29, 0.717) is 10.4 Å². The number of rotatable bonds is 5. The maximum atomic E-state index is 12.4. The molecule has 2 aromatic rings. The van der Waals surface area contributed by atoms with Gasteiger partial charge < -0.3 is 10.4 Å². The quantitative estimate of drug-likeness (QED) is 0.887. The Hall–Kier alpha value is -2.14. The summed E-state index contributed by atoms with van der Waals surface area (Å²) in [5.74, 6) is -1.40. The molecule has 22 heavy (non-hydrogen) atoms. The van der Waals surface area contributed by atoms with Crippen LogP contribution in [0, 0.1) is 13.8 Å². The first-order chi connectivity index (χ1) is 10.4. The summed E-state index contributed by atoms with van der Waals surface area (Å²) in [4.78, 5) is 24.5. The second-order valence-corrected chi connectivity index (χ2v) is 6.13. The number of carboxylic acids is 1. The first-order valence-electron chi connectivity index (χ1n) is 7.11. The van der Waals surface area contributed by atoms with Gasteiger partial charge in [0.15, 0.2) is 6.04 Å². The summed E-state index contributed by atoms with van der Waals surface area (Å²) in [6.07, 6.45) is 0.744. The molecule has 0 saturated carbocycles. The second-order valence-electron chi connectivity index (χ2n) is 5.22. The smallest absolute Gasteiger partial charge is 0.330 e. The van der Waals surface area contributed by atoms with Gasteiger partial charge >= 0.3 is 5.97 Å². The highest BCUT2D eigenvalue weighted by Gasteiger charge is 2.24. The zero-order valence-electron chi connectivity index (χ0n) is 12.8. The van der Waals surface area contributed by atoms with E-state index < -0.39 is 12.0 Å². The lowest BCUT2D eigenvalue weighted by molar-refractivity contribution is -0.139. The van der Waals surface area contributed by atoms with Crippen LogP contribution in [0.1, 0.15) is 44.9 Å². The molecule has 4 nitrogen and oxygen atoms in total. The Kier molecular flexibility index (Phi) is 4.98. The monoisotopic (exact) mass is 317 g/mol. The van der Waals surface area contributed by atoms with E-state index in [2.05, 4.69) is 5.32 Å². The van der Waals surface area contributed by atoms with E-state index in [1.54, 1.807) is 6.07 Å². The van der Waals surface area contributed by atoms with Gasteiger partial charge in [0.2, 0.25) is 0 Å². The first kappa shape index (κ1) is 16.2. The maximum Gasteiger partial charge on any atom is 0.330 e. The van der Waals surface area contributed by atoms with Crippen LogP contribution in [0.15, 0.2) is 29.6 Å². The summed E-state index contributed by atoms with van der Waals surface area (Å²) in [6.45, 7) is 5.86. The normalized spacial score (nSPS) is 12.0. The molecule has 2 N–H and O–H groups in total. The number of carbonyl (C=O) groups is 2.